The lowest BCUT2D eigenvalue weighted by molar-refractivity contribution is 0.0991. The third-order valence-corrected chi connectivity index (χ3v) is 16.4. The molecule has 0 radical (unpaired) electrons. The average Bonchev–Trinajstić information content (AvgIpc) is 2.42. The lowest BCUT2D eigenvalue weighted by Gasteiger charge is -2.24. The Morgan fingerprint density at radius 1 is 0.456 bits per heavy atom. The Balaban J connectivity index is 0.000000149. The number of carbonyl (C=O) groups excluding carboxylic acids is 3. The quantitative estimate of drug-likeness (QED) is 0.0643. The molecule has 3 atom stereocenters. The highest BCUT2D eigenvalue weighted by Crippen LogP contribution is 2.40. The number of nitrogens with zero attached hydrogens (tertiary/aromatic N) is 9. The van der Waals surface area contributed by atoms with Crippen LogP contribution < -0.4 is 40.9 Å². The van der Waals surface area contributed by atoms with E-state index in [-0.39, 0.29) is 17.4 Å². The molecule has 3 saturated heterocycles. The van der Waals surface area contributed by atoms with Crippen LogP contribution >= 0.6 is 0 Å². The fourth-order valence-corrected chi connectivity index (χ4v) is 12.0. The Hall–Kier alpha value is -9.83. The molecule has 0 aliphatic carbocycles. The Labute approximate surface area is 523 Å². The third kappa shape index (κ3) is 15.9. The summed E-state index contributed by atoms with van der Waals surface area (Å²) in [6.45, 7) is 7.79. The zero-order valence-corrected chi connectivity index (χ0v) is 51.6. The van der Waals surface area contributed by atoms with Gasteiger partial charge in [0.2, 0.25) is 29.5 Å². The van der Waals surface area contributed by atoms with Gasteiger partial charge in [0.15, 0.2) is 11.6 Å². The smallest absolute Gasteiger partial charge is 0.248 e. The van der Waals surface area contributed by atoms with Gasteiger partial charge in [-0.15, -0.1) is 10.2 Å². The summed E-state index contributed by atoms with van der Waals surface area (Å²) in [5, 5.41) is 13.3. The second kappa shape index (κ2) is 29.0. The molecule has 3 aliphatic rings. The number of methoxy groups -OCH3 is 2. The van der Waals surface area contributed by atoms with E-state index in [0.29, 0.717) is 52.2 Å². The molecule has 0 saturated carbocycles. The molecule has 6 heterocycles. The minimum atomic E-state index is -0.682. The maximum atomic E-state index is 14.2. The van der Waals surface area contributed by atoms with Crippen LogP contribution in [0.15, 0.2) is 158 Å². The van der Waals surface area contributed by atoms with Crippen molar-refractivity contribution in [2.75, 3.05) is 33.9 Å². The van der Waals surface area contributed by atoms with Gasteiger partial charge in [0.05, 0.1) is 31.0 Å². The van der Waals surface area contributed by atoms with Crippen molar-refractivity contribution in [2.24, 2.45) is 38.3 Å². The molecule has 3 aromatic heterocycles. The molecule has 0 spiro atoms. The molecule has 468 valence electrons. The molecule has 21 heteroatoms. The van der Waals surface area contributed by atoms with Gasteiger partial charge in [-0.1, -0.05) is 36.4 Å². The number of hydrogen-bond donors (Lipinski definition) is 3. The summed E-state index contributed by atoms with van der Waals surface area (Å²) < 4.78 is 47.9. The number of carbonyl (C=O) groups is 3. The van der Waals surface area contributed by atoms with E-state index in [4.69, 9.17) is 40.9 Å². The minimum absolute atomic E-state index is 0.0426. The second-order valence-electron chi connectivity index (χ2n) is 22.8. The SMILES string of the molecule is COc1nn(C)cc1[C@@H]1CCCN1Cc1ccc(Oc2ccc(C(N)=O)cc2)cc1.COc1nn(C)cc1[C@@H]1CCCN1Cc1ccc(Oc2ccc(C(N)=O)cc2F)cc1.Cc1nn(C)cc1[C@@H]1CCCN1Cc1ccc(Oc2ccc(C(N)=O)cc2)cc1. The predicted octanol–water partition coefficient (Wildman–Crippen LogP) is 11.4. The molecule has 6 N–H and O–H groups in total. The number of hydrogen-bond acceptors (Lipinski definition) is 14. The standard InChI is InChI=1S/C23H25FN4O3.C23H26N4O3.C23H26N4O2/c1-27-14-18(23(26-27)30-2)20-4-3-11-28(20)13-15-5-8-17(9-6-15)31-21-10-7-16(22(25)29)12-19(21)24;1-26-15-20(23(25-26)29-2)21-4-3-13-27(21)14-16-5-9-18(10-6-16)30-19-11-7-17(8-12-19)22(24)28;1-16-21(15-26(2)25-16)22-4-3-13-27(22)14-17-5-9-19(10-6-17)29-20-11-7-18(8-12-20)23(24)28/h5-10,12,14,20H,3-4,11,13H2,1-2H3,(H2,25,29);5-12,15,21H,3-4,13-14H2,1-2H3,(H2,24,28);5-12,15,22H,3-4,13-14H2,1-2H3,(H2,24,28)/t20-;21-;22-/m000/s1. The van der Waals surface area contributed by atoms with Crippen molar-refractivity contribution in [1.29, 1.82) is 0 Å². The number of rotatable bonds is 20. The lowest BCUT2D eigenvalue weighted by Crippen LogP contribution is -2.23. The van der Waals surface area contributed by atoms with Crippen molar-refractivity contribution >= 4 is 17.7 Å². The highest BCUT2D eigenvalue weighted by molar-refractivity contribution is 5.93. The van der Waals surface area contributed by atoms with Crippen molar-refractivity contribution in [3.8, 4) is 46.3 Å². The van der Waals surface area contributed by atoms with E-state index in [9.17, 15) is 18.8 Å². The van der Waals surface area contributed by atoms with Gasteiger partial charge < -0.3 is 40.9 Å². The molecule has 20 nitrogen and oxygen atoms in total. The van der Waals surface area contributed by atoms with Crippen molar-refractivity contribution in [3.05, 3.63) is 220 Å². The second-order valence-corrected chi connectivity index (χ2v) is 22.8. The molecule has 3 aliphatic heterocycles. The van der Waals surface area contributed by atoms with E-state index >= 15 is 0 Å². The van der Waals surface area contributed by atoms with Crippen molar-refractivity contribution in [3.63, 3.8) is 0 Å². The summed E-state index contributed by atoms with van der Waals surface area (Å²) >= 11 is 0. The van der Waals surface area contributed by atoms with Crippen molar-refractivity contribution in [2.45, 2.75) is 83.2 Å². The maximum absolute atomic E-state index is 14.2. The first-order valence-electron chi connectivity index (χ1n) is 30.0. The molecule has 3 amide bonds. The highest BCUT2D eigenvalue weighted by Gasteiger charge is 2.32. The van der Waals surface area contributed by atoms with Crippen molar-refractivity contribution < 1.29 is 42.5 Å². The van der Waals surface area contributed by atoms with Gasteiger partial charge in [0.1, 0.15) is 28.7 Å². The zero-order valence-electron chi connectivity index (χ0n) is 51.6. The van der Waals surface area contributed by atoms with Crippen LogP contribution in [0.1, 0.15) is 127 Å². The van der Waals surface area contributed by atoms with Crippen LogP contribution in [0.5, 0.6) is 46.3 Å². The molecule has 0 unspecified atom stereocenters. The zero-order chi connectivity index (χ0) is 63.4. The van der Waals surface area contributed by atoms with E-state index in [1.54, 1.807) is 67.4 Å². The molecule has 0 bridgehead atoms. The number of benzene rings is 6. The van der Waals surface area contributed by atoms with Gasteiger partial charge in [-0.2, -0.15) is 5.10 Å². The largest absolute Gasteiger partial charge is 0.480 e. The summed E-state index contributed by atoms with van der Waals surface area (Å²) in [4.78, 5) is 40.9. The summed E-state index contributed by atoms with van der Waals surface area (Å²) in [6.07, 6.45) is 13.1. The normalized spacial score (nSPS) is 16.6. The van der Waals surface area contributed by atoms with Gasteiger partial charge in [-0.3, -0.25) is 43.1 Å². The molecular weight excluding hydrogens is 1140 g/mol. The number of halogens is 1. The molecule has 90 heavy (non-hydrogen) atoms. The summed E-state index contributed by atoms with van der Waals surface area (Å²) in [5.74, 6) is 2.59. The van der Waals surface area contributed by atoms with Gasteiger partial charge in [-0.05, 0) is 185 Å². The summed E-state index contributed by atoms with van der Waals surface area (Å²) in [5.41, 5.74) is 25.1. The number of likely N-dealkylation sites (tertiary alicyclic amines) is 3. The maximum Gasteiger partial charge on any atom is 0.248 e. The van der Waals surface area contributed by atoms with Crippen LogP contribution in [0.4, 0.5) is 4.39 Å². The van der Waals surface area contributed by atoms with Gasteiger partial charge >= 0.3 is 0 Å². The van der Waals surface area contributed by atoms with Crippen LogP contribution in [0.25, 0.3) is 0 Å². The molecular formula is C69H77FN12O8. The fraction of sp³-hybridized carbons (Fsp3) is 0.304. The van der Waals surface area contributed by atoms with Gasteiger partial charge in [0, 0.05) is 99.7 Å². The topological polar surface area (TPSA) is 239 Å². The predicted molar refractivity (Wildman–Crippen MR) is 339 cm³/mol. The van der Waals surface area contributed by atoms with Crippen LogP contribution in [-0.4, -0.2) is 95.6 Å². The highest BCUT2D eigenvalue weighted by atomic mass is 19.1. The molecule has 3 fully saturated rings. The molecule has 12 rings (SSSR count). The number of nitrogens with two attached hydrogens (primary N) is 3. The molecule has 9 aromatic rings. The Morgan fingerprint density at radius 2 is 0.778 bits per heavy atom. The van der Waals surface area contributed by atoms with Gasteiger partial charge in [-0.25, -0.2) is 4.39 Å². The van der Waals surface area contributed by atoms with E-state index < -0.39 is 23.5 Å². The molecule has 6 aromatic carbocycles. The average molecular weight is 1220 g/mol. The van der Waals surface area contributed by atoms with E-state index in [0.717, 1.165) is 105 Å². The van der Waals surface area contributed by atoms with Gasteiger partial charge in [0.25, 0.3) is 0 Å². The lowest BCUT2D eigenvalue weighted by atomic mass is 10.1. The van der Waals surface area contributed by atoms with Crippen molar-refractivity contribution in [1.82, 2.24) is 44.0 Å². The minimum Gasteiger partial charge on any atom is -0.480 e. The first-order valence-corrected chi connectivity index (χ1v) is 30.0. The summed E-state index contributed by atoms with van der Waals surface area (Å²) in [7, 11) is 9.12. The van der Waals surface area contributed by atoms with E-state index in [1.165, 1.54) is 41.7 Å². The van der Waals surface area contributed by atoms with Crippen LogP contribution in [0, 0.1) is 12.7 Å². The van der Waals surface area contributed by atoms with Crippen LogP contribution in [0.3, 0.4) is 0 Å². The van der Waals surface area contributed by atoms with E-state index in [1.807, 2.05) is 85.2 Å². The number of primary amides is 3. The number of aromatic nitrogens is 6. The fourth-order valence-electron chi connectivity index (χ4n) is 12.0. The third-order valence-electron chi connectivity index (χ3n) is 16.4. The van der Waals surface area contributed by atoms with Crippen LogP contribution in [0.2, 0.25) is 0 Å². The Kier molecular flexibility index (Phi) is 20.4. The Bertz CT molecular complexity index is 3890. The van der Waals surface area contributed by atoms with E-state index in [2.05, 4.69) is 73.6 Å². The monoisotopic (exact) mass is 1220 g/mol. The first kappa shape index (κ1) is 63.2. The summed E-state index contributed by atoms with van der Waals surface area (Å²) in [6, 6.07) is 42.4. The number of aryl methyl sites for hydroxylation is 4. The number of ether oxygens (including phenoxy) is 5. The number of amides is 3. The van der Waals surface area contributed by atoms with Crippen LogP contribution in [-0.2, 0) is 40.8 Å². The first-order chi connectivity index (χ1) is 43.5. The Morgan fingerprint density at radius 3 is 1.11 bits per heavy atom.